The molecule has 3 rings (SSSR count). The molecule has 1 aromatic rings. The fourth-order valence-electron chi connectivity index (χ4n) is 4.32. The van der Waals surface area contributed by atoms with E-state index in [-0.39, 0.29) is 11.8 Å². The Labute approximate surface area is 181 Å². The first kappa shape index (κ1) is 22.7. The number of nitrogens with zero attached hydrogens (tertiary/aromatic N) is 2. The number of benzene rings is 1. The fraction of sp³-hybridized carbons (Fsp3) is 0.545. The van der Waals surface area contributed by atoms with Gasteiger partial charge in [-0.05, 0) is 44.6 Å². The highest BCUT2D eigenvalue weighted by atomic mass is 16.4. The van der Waals surface area contributed by atoms with E-state index in [9.17, 15) is 19.2 Å². The molecule has 0 radical (unpaired) electrons. The fourth-order valence-corrected chi connectivity index (χ4v) is 4.32. The highest BCUT2D eigenvalue weighted by Gasteiger charge is 2.43. The average molecular weight is 431 g/mol. The predicted octanol–water partition coefficient (Wildman–Crippen LogP) is 0.128. The molecular formula is C22H30N4O5. The van der Waals surface area contributed by atoms with Gasteiger partial charge in [0.1, 0.15) is 18.1 Å². The molecule has 1 aromatic carbocycles. The van der Waals surface area contributed by atoms with Crippen LogP contribution in [0.2, 0.25) is 0 Å². The molecule has 31 heavy (non-hydrogen) atoms. The number of carboxylic acid groups (broad SMARTS) is 1. The van der Waals surface area contributed by atoms with Gasteiger partial charge >= 0.3 is 5.97 Å². The Balaban J connectivity index is 1.66. The molecule has 2 aliphatic heterocycles. The predicted molar refractivity (Wildman–Crippen MR) is 113 cm³/mol. The molecule has 2 fully saturated rings. The summed E-state index contributed by atoms with van der Waals surface area (Å²) >= 11 is 0. The minimum absolute atomic E-state index is 0.264. The summed E-state index contributed by atoms with van der Waals surface area (Å²) in [7, 11) is 0. The zero-order chi connectivity index (χ0) is 22.5. The van der Waals surface area contributed by atoms with E-state index in [1.54, 1.807) is 4.90 Å². The highest BCUT2D eigenvalue weighted by Crippen LogP contribution is 2.25. The van der Waals surface area contributed by atoms with Crippen LogP contribution in [0, 0.1) is 0 Å². The molecule has 2 saturated heterocycles. The van der Waals surface area contributed by atoms with Gasteiger partial charge in [0.05, 0.1) is 6.04 Å². The molecule has 3 amide bonds. The monoisotopic (exact) mass is 430 g/mol. The molecule has 0 spiro atoms. The summed E-state index contributed by atoms with van der Waals surface area (Å²) < 4.78 is 0. The maximum absolute atomic E-state index is 13.3. The van der Waals surface area contributed by atoms with E-state index in [4.69, 9.17) is 10.8 Å². The SMILES string of the molecule is CC(NC(=O)C1CCCN1C(=O)C1CCCN1C(=O)C(N)Cc1ccccc1)C(=O)O. The second-order valence-electron chi connectivity index (χ2n) is 8.24. The molecule has 0 bridgehead atoms. The Morgan fingerprint density at radius 1 is 1.06 bits per heavy atom. The van der Waals surface area contributed by atoms with Gasteiger partial charge in [0.15, 0.2) is 0 Å². The Hall–Kier alpha value is -2.94. The van der Waals surface area contributed by atoms with Crippen molar-refractivity contribution in [1.82, 2.24) is 15.1 Å². The number of amides is 3. The van der Waals surface area contributed by atoms with Crippen molar-refractivity contribution in [2.24, 2.45) is 5.73 Å². The molecule has 0 saturated carbocycles. The van der Waals surface area contributed by atoms with Crippen LogP contribution in [-0.4, -0.2) is 75.9 Å². The Kier molecular flexibility index (Phi) is 7.27. The smallest absolute Gasteiger partial charge is 0.325 e. The number of carbonyl (C=O) groups is 4. The number of carbonyl (C=O) groups excluding carboxylic acids is 3. The zero-order valence-electron chi connectivity index (χ0n) is 17.7. The number of nitrogens with two attached hydrogens (primary N) is 1. The van der Waals surface area contributed by atoms with E-state index in [1.807, 2.05) is 30.3 Å². The van der Waals surface area contributed by atoms with Gasteiger partial charge in [0.2, 0.25) is 17.7 Å². The van der Waals surface area contributed by atoms with Crippen molar-refractivity contribution in [2.45, 2.75) is 63.2 Å². The maximum atomic E-state index is 13.3. The number of carboxylic acids is 1. The molecule has 2 heterocycles. The van der Waals surface area contributed by atoms with Crippen molar-refractivity contribution >= 4 is 23.7 Å². The molecular weight excluding hydrogens is 400 g/mol. The number of likely N-dealkylation sites (tertiary alicyclic amines) is 2. The number of hydrogen-bond acceptors (Lipinski definition) is 5. The normalized spacial score (nSPS) is 22.8. The molecule has 168 valence electrons. The summed E-state index contributed by atoms with van der Waals surface area (Å²) in [4.78, 5) is 52.9. The molecule has 2 aliphatic rings. The minimum atomic E-state index is -1.14. The maximum Gasteiger partial charge on any atom is 0.325 e. The van der Waals surface area contributed by atoms with Gasteiger partial charge in [-0.15, -0.1) is 0 Å². The lowest BCUT2D eigenvalue weighted by atomic mass is 10.0. The van der Waals surface area contributed by atoms with Gasteiger partial charge in [0, 0.05) is 13.1 Å². The average Bonchev–Trinajstić information content (AvgIpc) is 3.43. The molecule has 4 N–H and O–H groups in total. The zero-order valence-corrected chi connectivity index (χ0v) is 17.7. The quantitative estimate of drug-likeness (QED) is 0.563. The number of nitrogens with one attached hydrogen (secondary N) is 1. The van der Waals surface area contributed by atoms with Gasteiger partial charge in [-0.3, -0.25) is 19.2 Å². The third-order valence-electron chi connectivity index (χ3n) is 6.00. The molecule has 4 unspecified atom stereocenters. The van der Waals surface area contributed by atoms with Crippen LogP contribution in [0.15, 0.2) is 30.3 Å². The molecule has 0 aliphatic carbocycles. The topological polar surface area (TPSA) is 133 Å². The van der Waals surface area contributed by atoms with E-state index in [2.05, 4.69) is 5.32 Å². The second kappa shape index (κ2) is 9.91. The van der Waals surface area contributed by atoms with Gasteiger partial charge in [0.25, 0.3) is 0 Å². The molecule has 9 heteroatoms. The number of rotatable bonds is 7. The van der Waals surface area contributed by atoms with Crippen molar-refractivity contribution in [3.05, 3.63) is 35.9 Å². The standard InChI is InChI=1S/C22H30N4O5/c1-14(22(30)31)24-19(27)17-9-5-11-25(17)21(29)18-10-6-12-26(18)20(28)16(23)13-15-7-3-2-4-8-15/h2-4,7-8,14,16-18H,5-6,9-13,23H2,1H3,(H,24,27)(H,30,31). The van der Waals surface area contributed by atoms with E-state index in [0.717, 1.165) is 5.56 Å². The summed E-state index contributed by atoms with van der Waals surface area (Å²) in [5.41, 5.74) is 7.12. The van der Waals surface area contributed by atoms with Gasteiger partial charge in [-0.25, -0.2) is 0 Å². The summed E-state index contributed by atoms with van der Waals surface area (Å²) in [5.74, 6) is -2.14. The third kappa shape index (κ3) is 5.22. The summed E-state index contributed by atoms with van der Waals surface area (Å²) in [6.07, 6.45) is 2.73. The van der Waals surface area contributed by atoms with E-state index in [1.165, 1.54) is 11.8 Å². The van der Waals surface area contributed by atoms with Crippen molar-refractivity contribution in [3.8, 4) is 0 Å². The summed E-state index contributed by atoms with van der Waals surface area (Å²) in [6, 6.07) is 6.35. The van der Waals surface area contributed by atoms with Crippen LogP contribution >= 0.6 is 0 Å². The number of aliphatic carboxylic acids is 1. The molecule has 4 atom stereocenters. The molecule has 9 nitrogen and oxygen atoms in total. The first-order valence-corrected chi connectivity index (χ1v) is 10.7. The lowest BCUT2D eigenvalue weighted by molar-refractivity contribution is -0.148. The number of hydrogen-bond donors (Lipinski definition) is 3. The largest absolute Gasteiger partial charge is 0.480 e. The first-order chi connectivity index (χ1) is 14.8. The van der Waals surface area contributed by atoms with Crippen LogP contribution in [0.3, 0.4) is 0 Å². The van der Waals surface area contributed by atoms with Crippen LogP contribution < -0.4 is 11.1 Å². The lowest BCUT2D eigenvalue weighted by Crippen LogP contribution is -2.56. The lowest BCUT2D eigenvalue weighted by Gasteiger charge is -2.32. The summed E-state index contributed by atoms with van der Waals surface area (Å²) in [6.45, 7) is 2.25. The van der Waals surface area contributed by atoms with E-state index in [0.29, 0.717) is 45.2 Å². The van der Waals surface area contributed by atoms with Crippen molar-refractivity contribution in [2.75, 3.05) is 13.1 Å². The van der Waals surface area contributed by atoms with Crippen LogP contribution in [-0.2, 0) is 25.6 Å². The minimum Gasteiger partial charge on any atom is -0.480 e. The third-order valence-corrected chi connectivity index (χ3v) is 6.00. The Bertz CT molecular complexity index is 830. The Morgan fingerprint density at radius 3 is 2.32 bits per heavy atom. The molecule has 0 aromatic heterocycles. The highest BCUT2D eigenvalue weighted by molar-refractivity contribution is 5.94. The van der Waals surface area contributed by atoms with Crippen LogP contribution in [0.1, 0.15) is 38.2 Å². The van der Waals surface area contributed by atoms with Gasteiger partial charge < -0.3 is 26.0 Å². The summed E-state index contributed by atoms with van der Waals surface area (Å²) in [5, 5.41) is 11.5. The van der Waals surface area contributed by atoms with Crippen molar-refractivity contribution < 1.29 is 24.3 Å². The first-order valence-electron chi connectivity index (χ1n) is 10.7. The van der Waals surface area contributed by atoms with Crippen LogP contribution in [0.5, 0.6) is 0 Å². The van der Waals surface area contributed by atoms with E-state index < -0.39 is 36.0 Å². The van der Waals surface area contributed by atoms with E-state index >= 15 is 0 Å². The van der Waals surface area contributed by atoms with Crippen molar-refractivity contribution in [1.29, 1.82) is 0 Å². The Morgan fingerprint density at radius 2 is 1.68 bits per heavy atom. The van der Waals surface area contributed by atoms with Crippen molar-refractivity contribution in [3.63, 3.8) is 0 Å². The van der Waals surface area contributed by atoms with Gasteiger partial charge in [-0.1, -0.05) is 30.3 Å². The van der Waals surface area contributed by atoms with Gasteiger partial charge in [-0.2, -0.15) is 0 Å². The van der Waals surface area contributed by atoms with Crippen LogP contribution in [0.25, 0.3) is 0 Å². The van der Waals surface area contributed by atoms with Crippen LogP contribution in [0.4, 0.5) is 0 Å². The second-order valence-corrected chi connectivity index (χ2v) is 8.24.